The van der Waals surface area contributed by atoms with Crippen molar-refractivity contribution in [2.24, 2.45) is 0 Å². The van der Waals surface area contributed by atoms with Crippen LogP contribution in [0.5, 0.6) is 5.88 Å². The molecule has 0 aliphatic carbocycles. The number of methoxy groups -OCH3 is 1. The number of aliphatic hydroxyl groups is 1. The highest BCUT2D eigenvalue weighted by molar-refractivity contribution is 9.10. The second kappa shape index (κ2) is 5.46. The summed E-state index contributed by atoms with van der Waals surface area (Å²) in [5.41, 5.74) is 2.19. The molecule has 94 valence electrons. The van der Waals surface area contributed by atoms with Gasteiger partial charge in [0.15, 0.2) is 0 Å². The van der Waals surface area contributed by atoms with Crippen molar-refractivity contribution in [3.63, 3.8) is 0 Å². The molecule has 1 N–H and O–H groups in total. The first kappa shape index (κ1) is 13.0. The third-order valence-electron chi connectivity index (χ3n) is 2.67. The average molecular weight is 309 g/mol. The summed E-state index contributed by atoms with van der Waals surface area (Å²) in [6, 6.07) is 5.69. The van der Waals surface area contributed by atoms with Gasteiger partial charge in [-0.15, -0.1) is 0 Å². The summed E-state index contributed by atoms with van der Waals surface area (Å²) >= 11 is 3.40. The maximum Gasteiger partial charge on any atom is 0.238 e. The monoisotopic (exact) mass is 308 g/mol. The van der Waals surface area contributed by atoms with Crippen LogP contribution in [0.15, 0.2) is 35.1 Å². The molecule has 1 aromatic heterocycles. The standard InChI is InChI=1S/C13H13BrN2O2/c1-8-7-9(14)3-4-10(8)12(17)11-13(18-2)16-6-5-15-11/h3-7,12,17H,1-2H3. The number of hydrogen-bond donors (Lipinski definition) is 1. The van der Waals surface area contributed by atoms with Crippen molar-refractivity contribution in [2.45, 2.75) is 13.0 Å². The molecule has 5 heteroatoms. The van der Waals surface area contributed by atoms with Crippen LogP contribution in [-0.4, -0.2) is 22.2 Å². The van der Waals surface area contributed by atoms with Crippen LogP contribution in [0, 0.1) is 6.92 Å². The summed E-state index contributed by atoms with van der Waals surface area (Å²) in [4.78, 5) is 8.18. The molecule has 1 aromatic carbocycles. The summed E-state index contributed by atoms with van der Waals surface area (Å²) in [5.74, 6) is 0.340. The summed E-state index contributed by atoms with van der Waals surface area (Å²) < 4.78 is 6.08. The largest absolute Gasteiger partial charge is 0.480 e. The fourth-order valence-electron chi connectivity index (χ4n) is 1.77. The average Bonchev–Trinajstić information content (AvgIpc) is 2.38. The minimum Gasteiger partial charge on any atom is -0.480 e. The molecule has 0 aliphatic heterocycles. The summed E-state index contributed by atoms with van der Waals surface area (Å²) in [6.07, 6.45) is 2.22. The number of aryl methyl sites for hydroxylation is 1. The van der Waals surface area contributed by atoms with Crippen LogP contribution < -0.4 is 4.74 Å². The van der Waals surface area contributed by atoms with E-state index in [2.05, 4.69) is 25.9 Å². The normalized spacial score (nSPS) is 12.2. The Labute approximate surface area is 114 Å². The SMILES string of the molecule is COc1nccnc1C(O)c1ccc(Br)cc1C. The van der Waals surface area contributed by atoms with Crippen LogP contribution in [0.2, 0.25) is 0 Å². The zero-order valence-corrected chi connectivity index (χ0v) is 11.7. The third-order valence-corrected chi connectivity index (χ3v) is 3.16. The predicted molar refractivity (Wildman–Crippen MR) is 71.5 cm³/mol. The Morgan fingerprint density at radius 3 is 2.67 bits per heavy atom. The lowest BCUT2D eigenvalue weighted by atomic mass is 10.0. The Hall–Kier alpha value is -1.46. The molecule has 18 heavy (non-hydrogen) atoms. The van der Waals surface area contributed by atoms with Crippen molar-refractivity contribution >= 4 is 15.9 Å². The Balaban J connectivity index is 2.44. The van der Waals surface area contributed by atoms with Gasteiger partial charge in [-0.05, 0) is 30.2 Å². The topological polar surface area (TPSA) is 55.2 Å². The zero-order chi connectivity index (χ0) is 13.1. The van der Waals surface area contributed by atoms with Crippen molar-refractivity contribution in [1.82, 2.24) is 9.97 Å². The molecule has 0 amide bonds. The number of benzene rings is 1. The predicted octanol–water partition coefficient (Wildman–Crippen LogP) is 2.64. The second-order valence-electron chi connectivity index (χ2n) is 3.85. The maximum atomic E-state index is 10.4. The van der Waals surface area contributed by atoms with Crippen LogP contribution >= 0.6 is 15.9 Å². The summed E-state index contributed by atoms with van der Waals surface area (Å²) in [7, 11) is 1.51. The van der Waals surface area contributed by atoms with Gasteiger partial charge in [0.1, 0.15) is 11.8 Å². The molecule has 0 spiro atoms. The Morgan fingerprint density at radius 1 is 1.28 bits per heavy atom. The number of aromatic nitrogens is 2. The molecular formula is C13H13BrN2O2. The summed E-state index contributed by atoms with van der Waals surface area (Å²) in [5, 5.41) is 10.4. The highest BCUT2D eigenvalue weighted by Gasteiger charge is 2.19. The van der Waals surface area contributed by atoms with Crippen LogP contribution in [-0.2, 0) is 0 Å². The van der Waals surface area contributed by atoms with E-state index in [9.17, 15) is 5.11 Å². The first-order valence-corrected chi connectivity index (χ1v) is 6.21. The number of halogens is 1. The van der Waals surface area contributed by atoms with E-state index in [1.165, 1.54) is 19.5 Å². The van der Waals surface area contributed by atoms with Gasteiger partial charge >= 0.3 is 0 Å². The number of rotatable bonds is 3. The van der Waals surface area contributed by atoms with E-state index in [-0.39, 0.29) is 0 Å². The van der Waals surface area contributed by atoms with Crippen molar-refractivity contribution in [1.29, 1.82) is 0 Å². The van der Waals surface area contributed by atoms with Gasteiger partial charge in [-0.3, -0.25) is 4.98 Å². The van der Waals surface area contributed by atoms with Crippen molar-refractivity contribution in [3.8, 4) is 5.88 Å². The van der Waals surface area contributed by atoms with Crippen LogP contribution in [0.1, 0.15) is 22.9 Å². The Morgan fingerprint density at radius 2 is 2.00 bits per heavy atom. The number of aliphatic hydroxyl groups excluding tert-OH is 1. The lowest BCUT2D eigenvalue weighted by Crippen LogP contribution is -2.07. The van der Waals surface area contributed by atoms with Crippen LogP contribution in [0.4, 0.5) is 0 Å². The number of hydrogen-bond acceptors (Lipinski definition) is 4. The minimum absolute atomic E-state index is 0.340. The molecule has 2 rings (SSSR count). The molecule has 0 radical (unpaired) electrons. The van der Waals surface area contributed by atoms with Crippen LogP contribution in [0.3, 0.4) is 0 Å². The fourth-order valence-corrected chi connectivity index (χ4v) is 2.25. The van der Waals surface area contributed by atoms with Gasteiger partial charge in [0.2, 0.25) is 5.88 Å². The highest BCUT2D eigenvalue weighted by Crippen LogP contribution is 2.29. The smallest absolute Gasteiger partial charge is 0.238 e. The second-order valence-corrected chi connectivity index (χ2v) is 4.77. The highest BCUT2D eigenvalue weighted by atomic mass is 79.9. The van der Waals surface area contributed by atoms with Gasteiger partial charge in [0, 0.05) is 16.9 Å². The summed E-state index contributed by atoms with van der Waals surface area (Å²) in [6.45, 7) is 1.94. The lowest BCUT2D eigenvalue weighted by Gasteiger charge is -2.15. The van der Waals surface area contributed by atoms with E-state index >= 15 is 0 Å². The molecular weight excluding hydrogens is 296 g/mol. The van der Waals surface area contributed by atoms with E-state index in [1.54, 1.807) is 0 Å². The molecule has 4 nitrogen and oxygen atoms in total. The molecule has 1 heterocycles. The molecule has 0 saturated heterocycles. The maximum absolute atomic E-state index is 10.4. The van der Waals surface area contributed by atoms with Crippen molar-refractivity contribution in [3.05, 3.63) is 51.9 Å². The molecule has 1 unspecified atom stereocenters. The van der Waals surface area contributed by atoms with E-state index in [0.717, 1.165) is 15.6 Å². The Kier molecular flexibility index (Phi) is 3.93. The van der Waals surface area contributed by atoms with Gasteiger partial charge in [0.05, 0.1) is 7.11 Å². The fraction of sp³-hybridized carbons (Fsp3) is 0.231. The zero-order valence-electron chi connectivity index (χ0n) is 10.1. The van der Waals surface area contributed by atoms with E-state index in [4.69, 9.17) is 4.74 Å². The van der Waals surface area contributed by atoms with E-state index < -0.39 is 6.10 Å². The third kappa shape index (κ3) is 2.52. The van der Waals surface area contributed by atoms with Gasteiger partial charge in [-0.25, -0.2) is 4.98 Å². The van der Waals surface area contributed by atoms with Crippen molar-refractivity contribution < 1.29 is 9.84 Å². The van der Waals surface area contributed by atoms with Crippen LogP contribution in [0.25, 0.3) is 0 Å². The van der Waals surface area contributed by atoms with Gasteiger partial charge in [-0.1, -0.05) is 22.0 Å². The first-order chi connectivity index (χ1) is 8.63. The van der Waals surface area contributed by atoms with Gasteiger partial charge < -0.3 is 9.84 Å². The quantitative estimate of drug-likeness (QED) is 0.947. The molecule has 1 atom stereocenters. The molecule has 0 bridgehead atoms. The molecule has 0 aliphatic rings. The molecule has 0 saturated carbocycles. The van der Waals surface area contributed by atoms with Crippen molar-refractivity contribution in [2.75, 3.05) is 7.11 Å². The van der Waals surface area contributed by atoms with E-state index in [1.807, 2.05) is 25.1 Å². The van der Waals surface area contributed by atoms with Gasteiger partial charge in [-0.2, -0.15) is 0 Å². The molecule has 2 aromatic rings. The lowest BCUT2D eigenvalue weighted by molar-refractivity contribution is 0.207. The Bertz CT molecular complexity index is 560. The minimum atomic E-state index is -0.846. The molecule has 0 fully saturated rings. The first-order valence-electron chi connectivity index (χ1n) is 5.42. The number of nitrogens with zero attached hydrogens (tertiary/aromatic N) is 2. The van der Waals surface area contributed by atoms with Gasteiger partial charge in [0.25, 0.3) is 0 Å². The number of ether oxygens (including phenoxy) is 1. The van der Waals surface area contributed by atoms with E-state index in [0.29, 0.717) is 11.6 Å².